The normalized spacial score (nSPS) is 14.3. The molecule has 9 nitrogen and oxygen atoms in total. The van der Waals surface area contributed by atoms with Crippen molar-refractivity contribution in [2.45, 2.75) is 135 Å². The highest BCUT2D eigenvalue weighted by atomic mass is 31.2. The van der Waals surface area contributed by atoms with Crippen molar-refractivity contribution in [3.05, 3.63) is 122 Å². The molecule has 2 atom stereocenters. The molecule has 0 saturated heterocycles. The third-order valence-corrected chi connectivity index (χ3v) is 8.04. The van der Waals surface area contributed by atoms with Crippen LogP contribution in [-0.2, 0) is 28.2 Å². The Labute approximate surface area is 331 Å². The van der Waals surface area contributed by atoms with E-state index in [0.29, 0.717) is 32.1 Å². The first-order valence-electron chi connectivity index (χ1n) is 19.9. The number of hydrogen-bond acceptors (Lipinski definition) is 7. The Morgan fingerprint density at radius 3 is 1.67 bits per heavy atom. The molecule has 0 amide bonds. The third-order valence-electron chi connectivity index (χ3n) is 7.56. The molecule has 10 heteroatoms. The SMILES string of the molecule is CC/C=C\C/C=C\C/C=C\C/C=C\C/C=C\C/C=C\CCC(=O)O[C@H](COC(=O)CCC/C=C/C/C=C\C[C@H](O)/C=C\C=C/CCCCC)COP(=O)(O)O. The van der Waals surface area contributed by atoms with E-state index in [-0.39, 0.29) is 19.4 Å². The topological polar surface area (TPSA) is 140 Å². The summed E-state index contributed by atoms with van der Waals surface area (Å²) in [5, 5.41) is 10.0. The number of ether oxygens (including phenoxy) is 2. The molecule has 0 fully saturated rings. The van der Waals surface area contributed by atoms with Gasteiger partial charge in [-0.25, -0.2) is 4.57 Å². The van der Waals surface area contributed by atoms with Crippen LogP contribution in [0.2, 0.25) is 0 Å². The van der Waals surface area contributed by atoms with Gasteiger partial charge in [-0.2, -0.15) is 0 Å². The molecule has 308 valence electrons. The zero-order valence-corrected chi connectivity index (χ0v) is 34.3. The first-order chi connectivity index (χ1) is 26.7. The Morgan fingerprint density at radius 1 is 0.582 bits per heavy atom. The van der Waals surface area contributed by atoms with E-state index in [0.717, 1.165) is 44.9 Å². The number of aliphatic hydroxyl groups excluding tert-OH is 1. The summed E-state index contributed by atoms with van der Waals surface area (Å²) in [5.41, 5.74) is 0. The molecule has 0 radical (unpaired) electrons. The lowest BCUT2D eigenvalue weighted by molar-refractivity contribution is -0.161. The monoisotopic (exact) mass is 784 g/mol. The van der Waals surface area contributed by atoms with Crippen molar-refractivity contribution >= 4 is 19.8 Å². The molecule has 0 aliphatic rings. The van der Waals surface area contributed by atoms with E-state index < -0.39 is 38.6 Å². The van der Waals surface area contributed by atoms with Crippen LogP contribution in [0, 0.1) is 0 Å². The number of rotatable bonds is 34. The van der Waals surface area contributed by atoms with Crippen molar-refractivity contribution in [2.75, 3.05) is 13.2 Å². The molecule has 0 rings (SSSR count). The maximum atomic E-state index is 12.4. The first-order valence-corrected chi connectivity index (χ1v) is 21.5. The first kappa shape index (κ1) is 51.4. The van der Waals surface area contributed by atoms with Gasteiger partial charge >= 0.3 is 19.8 Å². The maximum absolute atomic E-state index is 12.4. The fraction of sp³-hybridized carbons (Fsp3) is 0.511. The molecule has 0 unspecified atom stereocenters. The van der Waals surface area contributed by atoms with Crippen molar-refractivity contribution in [2.24, 2.45) is 0 Å². The van der Waals surface area contributed by atoms with Crippen molar-refractivity contribution in [1.82, 2.24) is 0 Å². The second-order valence-electron chi connectivity index (χ2n) is 12.7. The number of hydrogen-bond donors (Lipinski definition) is 3. The largest absolute Gasteiger partial charge is 0.469 e. The third kappa shape index (κ3) is 41.4. The standard InChI is InChI=1S/C45H69O9P/c1-3-5-7-9-11-12-13-14-15-16-17-18-19-20-21-22-26-31-35-39-45(48)54-43(41-53-55(49,50)51)40-52-44(47)38-34-30-27-23-25-29-33-37-42(46)36-32-28-24-10-8-6-4-2/h5,7,11-12,14-15,17-18,20-21,23-24,26-29,31-33,36,42-43,46H,3-4,6,8-10,13,16,19,22,25,30,34-35,37-41H2,1-2H3,(H2,49,50,51)/b7-5-,12-11-,15-14-,18-17-,21-20-,27-23+,28-24-,31-26-,33-29-,36-32-/t42-,43-/m1/s1. The smallest absolute Gasteiger partial charge is 0.462 e. The number of phosphoric acid groups is 1. The predicted molar refractivity (Wildman–Crippen MR) is 226 cm³/mol. The van der Waals surface area contributed by atoms with Gasteiger partial charge in [0.1, 0.15) is 6.61 Å². The molecule has 0 spiro atoms. The summed E-state index contributed by atoms with van der Waals surface area (Å²) in [6.45, 7) is 3.33. The molecular formula is C45H69O9P. The van der Waals surface area contributed by atoms with Gasteiger partial charge in [-0.05, 0) is 83.5 Å². The zero-order valence-electron chi connectivity index (χ0n) is 33.4. The summed E-state index contributed by atoms with van der Waals surface area (Å²) in [7, 11) is -4.81. The lowest BCUT2D eigenvalue weighted by Crippen LogP contribution is -2.29. The van der Waals surface area contributed by atoms with Crippen LogP contribution in [0.15, 0.2) is 122 Å². The lowest BCUT2D eigenvalue weighted by atomic mass is 10.2. The average Bonchev–Trinajstić information content (AvgIpc) is 3.15. The number of carbonyl (C=O) groups excluding carboxylic acids is 2. The molecule has 55 heavy (non-hydrogen) atoms. The molecule has 0 bridgehead atoms. The van der Waals surface area contributed by atoms with E-state index >= 15 is 0 Å². The van der Waals surface area contributed by atoms with Crippen molar-refractivity contribution in [1.29, 1.82) is 0 Å². The fourth-order valence-corrected chi connectivity index (χ4v) is 4.95. The van der Waals surface area contributed by atoms with Gasteiger partial charge in [-0.1, -0.05) is 148 Å². The van der Waals surface area contributed by atoms with E-state index in [4.69, 9.17) is 19.3 Å². The molecule has 0 saturated carbocycles. The summed E-state index contributed by atoms with van der Waals surface area (Å²) in [5.74, 6) is -1.10. The quantitative estimate of drug-likeness (QED) is 0.0191. The summed E-state index contributed by atoms with van der Waals surface area (Å²) in [6, 6.07) is 0. The average molecular weight is 785 g/mol. The molecule has 0 aliphatic heterocycles. The van der Waals surface area contributed by atoms with E-state index in [9.17, 15) is 19.3 Å². The number of esters is 2. The van der Waals surface area contributed by atoms with E-state index in [1.165, 1.54) is 19.3 Å². The summed E-state index contributed by atoms with van der Waals surface area (Å²) in [4.78, 5) is 42.7. The fourth-order valence-electron chi connectivity index (χ4n) is 4.59. The van der Waals surface area contributed by atoms with Gasteiger partial charge in [-0.15, -0.1) is 0 Å². The number of phosphoric ester groups is 1. The Bertz CT molecular complexity index is 1310. The molecule has 3 N–H and O–H groups in total. The number of unbranched alkanes of at least 4 members (excludes halogenated alkanes) is 4. The van der Waals surface area contributed by atoms with Gasteiger partial charge in [-0.3, -0.25) is 14.1 Å². The summed E-state index contributed by atoms with van der Waals surface area (Å²) in [6.07, 6.45) is 52.4. The minimum absolute atomic E-state index is 0.0541. The van der Waals surface area contributed by atoms with Crippen LogP contribution < -0.4 is 0 Å². The van der Waals surface area contributed by atoms with Crippen molar-refractivity contribution in [3.63, 3.8) is 0 Å². The van der Waals surface area contributed by atoms with Gasteiger partial charge in [0.15, 0.2) is 6.10 Å². The molecule has 0 aromatic rings. The van der Waals surface area contributed by atoms with Crippen LogP contribution in [0.1, 0.15) is 123 Å². The van der Waals surface area contributed by atoms with E-state index in [1.54, 1.807) is 6.08 Å². The predicted octanol–water partition coefficient (Wildman–Crippen LogP) is 11.1. The second-order valence-corrected chi connectivity index (χ2v) is 14.0. The second kappa shape index (κ2) is 38.7. The Hall–Kier alpha value is -3.59. The maximum Gasteiger partial charge on any atom is 0.469 e. The van der Waals surface area contributed by atoms with Crippen molar-refractivity contribution in [3.8, 4) is 0 Å². The highest BCUT2D eigenvalue weighted by Crippen LogP contribution is 2.35. The van der Waals surface area contributed by atoms with Crippen LogP contribution in [-0.4, -0.2) is 52.3 Å². The number of carbonyl (C=O) groups is 2. The highest BCUT2D eigenvalue weighted by molar-refractivity contribution is 7.46. The molecular weight excluding hydrogens is 715 g/mol. The number of aliphatic hydroxyl groups is 1. The Morgan fingerprint density at radius 2 is 1.11 bits per heavy atom. The molecule has 0 aromatic carbocycles. The molecule has 0 aliphatic carbocycles. The zero-order chi connectivity index (χ0) is 40.5. The van der Waals surface area contributed by atoms with Gasteiger partial charge in [0.2, 0.25) is 0 Å². The minimum Gasteiger partial charge on any atom is -0.462 e. The molecule has 0 heterocycles. The van der Waals surface area contributed by atoms with E-state index in [2.05, 4.69) is 79.1 Å². The van der Waals surface area contributed by atoms with Crippen LogP contribution in [0.3, 0.4) is 0 Å². The van der Waals surface area contributed by atoms with E-state index in [1.807, 2.05) is 54.7 Å². The Balaban J connectivity index is 4.26. The van der Waals surface area contributed by atoms with Gasteiger partial charge < -0.3 is 24.4 Å². The van der Waals surface area contributed by atoms with Gasteiger partial charge in [0.25, 0.3) is 0 Å². The minimum atomic E-state index is -4.81. The van der Waals surface area contributed by atoms with Crippen LogP contribution in [0.25, 0.3) is 0 Å². The van der Waals surface area contributed by atoms with Crippen LogP contribution in [0.5, 0.6) is 0 Å². The summed E-state index contributed by atoms with van der Waals surface area (Å²) >= 11 is 0. The van der Waals surface area contributed by atoms with Crippen LogP contribution >= 0.6 is 7.82 Å². The lowest BCUT2D eigenvalue weighted by Gasteiger charge is -2.18. The number of allylic oxidation sites excluding steroid dienone is 18. The Kier molecular flexibility index (Phi) is 36.2. The van der Waals surface area contributed by atoms with Crippen LogP contribution in [0.4, 0.5) is 0 Å². The van der Waals surface area contributed by atoms with Gasteiger partial charge in [0, 0.05) is 12.8 Å². The highest BCUT2D eigenvalue weighted by Gasteiger charge is 2.22. The summed E-state index contributed by atoms with van der Waals surface area (Å²) < 4.78 is 26.2. The molecule has 0 aromatic heterocycles. The van der Waals surface area contributed by atoms with Gasteiger partial charge in [0.05, 0.1) is 12.7 Å². The van der Waals surface area contributed by atoms with Crippen molar-refractivity contribution < 1.29 is 43.0 Å².